The number of benzene rings is 2. The van der Waals surface area contributed by atoms with Gasteiger partial charge in [0.15, 0.2) is 0 Å². The van der Waals surface area contributed by atoms with Crippen LogP contribution in [0.1, 0.15) is 33.0 Å². The second kappa shape index (κ2) is 6.91. The highest BCUT2D eigenvalue weighted by Gasteiger charge is 2.30. The van der Waals surface area contributed by atoms with E-state index in [-0.39, 0.29) is 11.8 Å². The molecule has 0 saturated heterocycles. The van der Waals surface area contributed by atoms with Crippen LogP contribution in [-0.2, 0) is 13.6 Å². The summed E-state index contributed by atoms with van der Waals surface area (Å²) in [7, 11) is 5.90. The van der Waals surface area contributed by atoms with Gasteiger partial charge in [0.2, 0.25) is 0 Å². The number of carbonyl (C=O) groups excluding carboxylic acids is 1. The Morgan fingerprint density at radius 1 is 1.15 bits per heavy atom. The fourth-order valence-corrected chi connectivity index (χ4v) is 3.77. The minimum atomic E-state index is 0.0714. The molecule has 0 spiro atoms. The number of anilines is 1. The average molecular weight is 360 g/mol. The quantitative estimate of drug-likeness (QED) is 0.720. The number of hydrogen-bond acceptors (Lipinski definition) is 3. The normalized spacial score (nSPS) is 16.1. The Bertz CT molecular complexity index is 976. The maximum absolute atomic E-state index is 13.3. The number of amides is 1. The molecule has 1 aliphatic rings. The van der Waals surface area contributed by atoms with Crippen LogP contribution >= 0.6 is 0 Å². The summed E-state index contributed by atoms with van der Waals surface area (Å²) in [6, 6.07) is 16.2. The van der Waals surface area contributed by atoms with E-state index in [0.29, 0.717) is 13.1 Å². The Hall–Kier alpha value is -3.08. The molecule has 1 amide bonds. The largest absolute Gasteiger partial charge is 0.378 e. The second-order valence-electron chi connectivity index (χ2n) is 7.33. The van der Waals surface area contributed by atoms with Crippen LogP contribution in [0.3, 0.4) is 0 Å². The molecule has 5 heteroatoms. The minimum absolute atomic E-state index is 0.0714. The first-order valence-corrected chi connectivity index (χ1v) is 9.16. The Morgan fingerprint density at radius 2 is 1.96 bits per heavy atom. The number of aromatic nitrogens is 2. The van der Waals surface area contributed by atoms with Gasteiger partial charge in [-0.3, -0.25) is 9.48 Å². The molecule has 2 aromatic carbocycles. The van der Waals surface area contributed by atoms with E-state index in [2.05, 4.69) is 23.3 Å². The smallest absolute Gasteiger partial charge is 0.254 e. The zero-order chi connectivity index (χ0) is 19.0. The van der Waals surface area contributed by atoms with Gasteiger partial charge in [-0.25, -0.2) is 0 Å². The molecule has 0 N–H and O–H groups in total. The van der Waals surface area contributed by atoms with Crippen LogP contribution in [0.4, 0.5) is 5.69 Å². The summed E-state index contributed by atoms with van der Waals surface area (Å²) < 4.78 is 1.82. The summed E-state index contributed by atoms with van der Waals surface area (Å²) in [4.78, 5) is 17.2. The maximum Gasteiger partial charge on any atom is 0.254 e. The van der Waals surface area contributed by atoms with Crippen LogP contribution in [0.25, 0.3) is 0 Å². The van der Waals surface area contributed by atoms with E-state index in [9.17, 15) is 4.79 Å². The third-order valence-corrected chi connectivity index (χ3v) is 5.22. The first kappa shape index (κ1) is 17.3. The molecule has 4 rings (SSSR count). The van der Waals surface area contributed by atoms with Crippen molar-refractivity contribution in [1.29, 1.82) is 0 Å². The summed E-state index contributed by atoms with van der Waals surface area (Å²) >= 11 is 0. The van der Waals surface area contributed by atoms with Crippen LogP contribution in [0.2, 0.25) is 0 Å². The number of rotatable bonds is 3. The standard InChI is InChI=1S/C22H24N4O/c1-24(2)19-9-6-8-16(11-19)22(27)26-14-17-7-4-5-10-20(17)21(15-26)18-12-23-25(3)13-18/h4-13,21H,14-15H2,1-3H3. The van der Waals surface area contributed by atoms with Gasteiger partial charge in [0.25, 0.3) is 5.91 Å². The molecule has 1 atom stereocenters. The van der Waals surface area contributed by atoms with E-state index in [0.717, 1.165) is 16.8 Å². The van der Waals surface area contributed by atoms with Gasteiger partial charge in [0.1, 0.15) is 0 Å². The summed E-state index contributed by atoms with van der Waals surface area (Å²) in [5.74, 6) is 0.215. The zero-order valence-electron chi connectivity index (χ0n) is 16.0. The molecule has 0 radical (unpaired) electrons. The number of aryl methyl sites for hydroxylation is 1. The summed E-state index contributed by atoms with van der Waals surface area (Å²) in [5.41, 5.74) is 5.39. The van der Waals surface area contributed by atoms with Gasteiger partial charge in [0, 0.05) is 57.6 Å². The van der Waals surface area contributed by atoms with Gasteiger partial charge >= 0.3 is 0 Å². The molecular weight excluding hydrogens is 336 g/mol. The lowest BCUT2D eigenvalue weighted by molar-refractivity contribution is 0.0725. The lowest BCUT2D eigenvalue weighted by Gasteiger charge is -2.34. The van der Waals surface area contributed by atoms with Crippen molar-refractivity contribution in [3.8, 4) is 0 Å². The molecule has 0 bridgehead atoms. The van der Waals surface area contributed by atoms with Crippen molar-refractivity contribution < 1.29 is 4.79 Å². The molecule has 2 heterocycles. The van der Waals surface area contributed by atoms with Crippen molar-refractivity contribution in [1.82, 2.24) is 14.7 Å². The van der Waals surface area contributed by atoms with E-state index in [1.54, 1.807) is 0 Å². The highest BCUT2D eigenvalue weighted by molar-refractivity contribution is 5.95. The Kier molecular flexibility index (Phi) is 4.44. The molecule has 5 nitrogen and oxygen atoms in total. The van der Waals surface area contributed by atoms with Crippen molar-refractivity contribution in [3.05, 3.63) is 83.2 Å². The predicted molar refractivity (Wildman–Crippen MR) is 107 cm³/mol. The Morgan fingerprint density at radius 3 is 2.70 bits per heavy atom. The molecule has 0 saturated carbocycles. The van der Waals surface area contributed by atoms with Crippen molar-refractivity contribution >= 4 is 11.6 Å². The lowest BCUT2D eigenvalue weighted by atomic mass is 9.86. The van der Waals surface area contributed by atoms with Gasteiger partial charge in [-0.1, -0.05) is 30.3 Å². The third-order valence-electron chi connectivity index (χ3n) is 5.22. The highest BCUT2D eigenvalue weighted by atomic mass is 16.2. The van der Waals surface area contributed by atoms with E-state index < -0.39 is 0 Å². The maximum atomic E-state index is 13.3. The Labute approximate surface area is 159 Å². The summed E-state index contributed by atoms with van der Waals surface area (Å²) in [6.45, 7) is 1.30. The monoisotopic (exact) mass is 360 g/mol. The van der Waals surface area contributed by atoms with Gasteiger partial charge in [-0.15, -0.1) is 0 Å². The van der Waals surface area contributed by atoms with Crippen molar-refractivity contribution in [2.24, 2.45) is 7.05 Å². The number of carbonyl (C=O) groups is 1. The van der Waals surface area contributed by atoms with Gasteiger partial charge in [-0.05, 0) is 34.9 Å². The number of nitrogens with zero attached hydrogens (tertiary/aromatic N) is 4. The lowest BCUT2D eigenvalue weighted by Crippen LogP contribution is -2.38. The predicted octanol–water partition coefficient (Wildman–Crippen LogP) is 3.27. The van der Waals surface area contributed by atoms with E-state index in [4.69, 9.17) is 0 Å². The van der Waals surface area contributed by atoms with Gasteiger partial charge in [-0.2, -0.15) is 5.10 Å². The summed E-state index contributed by atoms with van der Waals surface area (Å²) in [6.07, 6.45) is 3.95. The molecule has 138 valence electrons. The van der Waals surface area contributed by atoms with Crippen LogP contribution in [0.15, 0.2) is 60.9 Å². The first-order chi connectivity index (χ1) is 13.0. The molecule has 0 fully saturated rings. The minimum Gasteiger partial charge on any atom is -0.378 e. The topological polar surface area (TPSA) is 41.4 Å². The molecule has 0 aliphatic carbocycles. The van der Waals surface area contributed by atoms with Crippen molar-refractivity contribution in [2.45, 2.75) is 12.5 Å². The van der Waals surface area contributed by atoms with Crippen LogP contribution in [0, 0.1) is 0 Å². The molecule has 1 unspecified atom stereocenters. The molecule has 27 heavy (non-hydrogen) atoms. The van der Waals surface area contributed by atoms with E-state index >= 15 is 0 Å². The van der Waals surface area contributed by atoms with Crippen molar-refractivity contribution in [3.63, 3.8) is 0 Å². The van der Waals surface area contributed by atoms with Crippen LogP contribution < -0.4 is 4.90 Å². The van der Waals surface area contributed by atoms with Gasteiger partial charge in [0.05, 0.1) is 6.20 Å². The SMILES string of the molecule is CN(C)c1cccc(C(=O)N2Cc3ccccc3C(c3cnn(C)c3)C2)c1. The average Bonchev–Trinajstić information content (AvgIpc) is 3.12. The van der Waals surface area contributed by atoms with E-state index in [1.807, 2.05) is 78.4 Å². The van der Waals surface area contributed by atoms with Crippen LogP contribution in [-0.4, -0.2) is 41.2 Å². The molecular formula is C22H24N4O. The molecule has 1 aliphatic heterocycles. The molecule has 1 aromatic heterocycles. The molecule has 3 aromatic rings. The highest BCUT2D eigenvalue weighted by Crippen LogP contribution is 2.34. The summed E-state index contributed by atoms with van der Waals surface area (Å²) in [5, 5.41) is 4.33. The Balaban J connectivity index is 1.68. The van der Waals surface area contributed by atoms with Gasteiger partial charge < -0.3 is 9.80 Å². The zero-order valence-corrected chi connectivity index (χ0v) is 16.0. The second-order valence-corrected chi connectivity index (χ2v) is 7.33. The fourth-order valence-electron chi connectivity index (χ4n) is 3.77. The number of fused-ring (bicyclic) bond motifs is 1. The van der Waals surface area contributed by atoms with E-state index in [1.165, 1.54) is 11.1 Å². The fraction of sp³-hybridized carbons (Fsp3) is 0.273. The van der Waals surface area contributed by atoms with Crippen LogP contribution in [0.5, 0.6) is 0 Å². The first-order valence-electron chi connectivity index (χ1n) is 9.16. The number of hydrogen-bond donors (Lipinski definition) is 0. The third kappa shape index (κ3) is 3.33. The van der Waals surface area contributed by atoms with Crippen molar-refractivity contribution in [2.75, 3.05) is 25.5 Å².